The first-order valence-electron chi connectivity index (χ1n) is 23.1. The highest BCUT2D eigenvalue weighted by Crippen LogP contribution is 2.39. The van der Waals surface area contributed by atoms with E-state index in [0.717, 1.165) is 45.3 Å². The minimum absolute atomic E-state index is 0.00228. The van der Waals surface area contributed by atoms with E-state index >= 15 is 0 Å². The first-order chi connectivity index (χ1) is 36.6. The Labute approximate surface area is 462 Å². The van der Waals surface area contributed by atoms with Crippen molar-refractivity contribution in [2.75, 3.05) is 6.54 Å². The molecule has 0 aliphatic carbocycles. The number of pyridine rings is 1. The Hall–Kier alpha value is -6.93. The molecular weight excluding hydrogens is 1110 g/mol. The van der Waals surface area contributed by atoms with E-state index in [1.165, 1.54) is 85.6 Å². The molecule has 0 fully saturated rings. The van der Waals surface area contributed by atoms with E-state index in [1.807, 2.05) is 0 Å². The van der Waals surface area contributed by atoms with Crippen LogP contribution in [0.25, 0.3) is 49.1 Å². The normalized spacial score (nSPS) is 19.2. The molecule has 23 nitrogen and oxygen atoms in total. The molecule has 1 aliphatic rings. The van der Waals surface area contributed by atoms with Crippen LogP contribution in [0.15, 0.2) is 92.2 Å². The molecule has 1 aliphatic heterocycles. The average Bonchev–Trinajstić information content (AvgIpc) is 4.26. The molecule has 0 amide bonds. The van der Waals surface area contributed by atoms with Crippen LogP contribution in [0.1, 0.15) is 98.3 Å². The molecule has 6 atom stereocenters. The van der Waals surface area contributed by atoms with Gasteiger partial charge in [0.1, 0.15) is 87.7 Å². The van der Waals surface area contributed by atoms with Gasteiger partial charge < -0.3 is 51.1 Å². The second-order valence-corrected chi connectivity index (χ2v) is 22.6. The number of fused-ring (bicyclic) bond motifs is 11. The Bertz CT molecular complexity index is 3530. The van der Waals surface area contributed by atoms with Crippen molar-refractivity contribution in [3.05, 3.63) is 100 Å². The van der Waals surface area contributed by atoms with Crippen molar-refractivity contribution in [2.45, 2.75) is 90.5 Å². The fraction of sp³-hybridized carbons (Fsp3) is 0.312. The van der Waals surface area contributed by atoms with Crippen molar-refractivity contribution in [2.24, 2.45) is 30.0 Å². The first kappa shape index (κ1) is 56.3. The van der Waals surface area contributed by atoms with Crippen LogP contribution >= 0.6 is 68.0 Å². The highest BCUT2D eigenvalue weighted by Gasteiger charge is 2.33. The van der Waals surface area contributed by atoms with Gasteiger partial charge in [0.2, 0.25) is 35.4 Å². The van der Waals surface area contributed by atoms with E-state index in [4.69, 9.17) is 15.0 Å². The van der Waals surface area contributed by atoms with Crippen molar-refractivity contribution in [1.29, 1.82) is 0 Å². The van der Waals surface area contributed by atoms with Crippen molar-refractivity contribution < 1.29 is 51.1 Å². The van der Waals surface area contributed by atoms with Crippen LogP contribution < -0.4 is 0 Å². The van der Waals surface area contributed by atoms with Crippen molar-refractivity contribution in [1.82, 2.24) is 34.9 Å². The Morgan fingerprint density at radius 3 is 1.83 bits per heavy atom. The highest BCUT2D eigenvalue weighted by atomic mass is 32.1. The zero-order valence-electron chi connectivity index (χ0n) is 41.7. The smallest absolute Gasteiger partial charge is 0.239 e. The maximum atomic E-state index is 11.4. The van der Waals surface area contributed by atoms with Gasteiger partial charge in [0.25, 0.3) is 0 Å². The van der Waals surface area contributed by atoms with Gasteiger partial charge in [-0.15, -0.1) is 68.0 Å². The molecule has 8 rings (SSSR count). The molecular formula is C48H49N13O10S6. The topological polar surface area (TPSA) is 367 Å². The summed E-state index contributed by atoms with van der Waals surface area (Å²) in [6.07, 6.45) is -0.354. The third kappa shape index (κ3) is 12.9. The second kappa shape index (κ2) is 23.8. The molecule has 8 bridgehead atoms. The SMILES string of the molecule is C/C=C(\N=C(O)c1csc(-c2csc(-c3ccc4c(n3)-c3csc(n3)[C@@H]([C@H](C)O)N=C(O)c3csc(n3)[C@H](C(C)(C)O)N=C(O)c3csc(n3)/C(=C/C)N=C(O)[C@H]([C@@H](C)O)N=C(O)c3csc-4n3)n2)n1)C(O)=NC[C@@H](C)O. The Morgan fingerprint density at radius 1 is 0.623 bits per heavy atom. The lowest BCUT2D eigenvalue weighted by atomic mass is 10.00. The summed E-state index contributed by atoms with van der Waals surface area (Å²) >= 11 is 6.82. The molecule has 7 aromatic rings. The molecule has 77 heavy (non-hydrogen) atoms. The van der Waals surface area contributed by atoms with Gasteiger partial charge in [-0.2, -0.15) is 0 Å². The quantitative estimate of drug-likeness (QED) is 0.0452. The zero-order valence-corrected chi connectivity index (χ0v) is 46.6. The second-order valence-electron chi connectivity index (χ2n) is 17.4. The van der Waals surface area contributed by atoms with Gasteiger partial charge in [-0.25, -0.2) is 64.8 Å². The zero-order chi connectivity index (χ0) is 55.5. The Morgan fingerprint density at radius 2 is 1.17 bits per heavy atom. The third-order valence-corrected chi connectivity index (χ3v) is 16.1. The number of rotatable bonds is 10. The average molecular weight is 1160 g/mol. The molecule has 0 aromatic carbocycles. The van der Waals surface area contributed by atoms with Gasteiger partial charge in [0.05, 0.1) is 41.8 Å². The van der Waals surface area contributed by atoms with Crippen LogP contribution in [0.4, 0.5) is 0 Å². The summed E-state index contributed by atoms with van der Waals surface area (Å²) in [5.41, 5.74) is 0.595. The number of nitrogens with zero attached hydrogens (tertiary/aromatic N) is 13. The van der Waals surface area contributed by atoms with E-state index in [9.17, 15) is 51.1 Å². The van der Waals surface area contributed by atoms with Gasteiger partial charge >= 0.3 is 0 Å². The number of aliphatic hydroxyl groups excluding tert-OH is 9. The molecule has 10 N–H and O–H groups in total. The predicted octanol–water partition coefficient (Wildman–Crippen LogP) is 8.66. The fourth-order valence-corrected chi connectivity index (χ4v) is 12.2. The van der Waals surface area contributed by atoms with Gasteiger partial charge in [-0.1, -0.05) is 12.2 Å². The minimum atomic E-state index is -1.59. The molecule has 0 unspecified atom stereocenters. The van der Waals surface area contributed by atoms with E-state index in [0.29, 0.717) is 43.4 Å². The van der Waals surface area contributed by atoms with E-state index in [1.54, 1.807) is 42.1 Å². The molecule has 402 valence electrons. The summed E-state index contributed by atoms with van der Waals surface area (Å²) in [5.74, 6) is -3.34. The summed E-state index contributed by atoms with van der Waals surface area (Å²) in [4.78, 5) is 58.2. The number of hydrogen-bond acceptors (Lipinski definition) is 23. The maximum Gasteiger partial charge on any atom is 0.239 e. The van der Waals surface area contributed by atoms with E-state index in [-0.39, 0.29) is 55.7 Å². The minimum Gasteiger partial charge on any atom is -0.495 e. The largest absolute Gasteiger partial charge is 0.495 e. The van der Waals surface area contributed by atoms with Crippen LogP contribution in [0, 0.1) is 0 Å². The van der Waals surface area contributed by atoms with Crippen molar-refractivity contribution in [3.63, 3.8) is 0 Å². The monoisotopic (exact) mass is 1160 g/mol. The fourth-order valence-electron chi connectivity index (χ4n) is 6.96. The maximum absolute atomic E-state index is 11.4. The summed E-state index contributed by atoms with van der Waals surface area (Å²) in [7, 11) is 0. The molecule has 0 saturated heterocycles. The number of hydrogen-bond donors (Lipinski definition) is 10. The molecule has 0 radical (unpaired) electrons. The number of aromatic nitrogens is 7. The van der Waals surface area contributed by atoms with Crippen molar-refractivity contribution in [3.8, 4) is 43.4 Å². The van der Waals surface area contributed by atoms with Crippen LogP contribution in [0.3, 0.4) is 0 Å². The van der Waals surface area contributed by atoms with Gasteiger partial charge in [-0.3, -0.25) is 0 Å². The molecule has 0 spiro atoms. The van der Waals surface area contributed by atoms with Gasteiger partial charge in [0.15, 0.2) is 6.04 Å². The molecule has 0 saturated carbocycles. The van der Waals surface area contributed by atoms with Crippen LogP contribution in [0.5, 0.6) is 0 Å². The molecule has 8 heterocycles. The standard InChI is InChI=1S/C48H49N13O10S6/c1-8-23(36(65)49-12-19(3)62)51-37(66)27-15-74-45(56-27)31-18-75-44(58-31)25-11-10-22-34(50-25)26-13-76-46(53-26)33(21(5)64)60-39(68)29-17-77-47(57-29)35(48(6,7)71)61-40(69)30-16-73-43(55-30)24(9-2)52-41(70)32(20(4)63)59-38(67)28-14-72-42(22)54-28/h8-11,13-21,32-33,35,62-64,71H,12H2,1-7H3,(H,49,65)(H,51,66)(H,52,70)(H,59,67)(H,60,68)(H,61,69)/b23-8-,24-9-/t19-,20-,21+,32+,33-,35-/m1/s1. The summed E-state index contributed by atoms with van der Waals surface area (Å²) in [5, 5.41) is 121. The van der Waals surface area contributed by atoms with Crippen molar-refractivity contribution >= 4 is 109 Å². The lowest BCUT2D eigenvalue weighted by molar-refractivity contribution is 0.0519. The lowest BCUT2D eigenvalue weighted by Crippen LogP contribution is -2.31. The van der Waals surface area contributed by atoms with Gasteiger partial charge in [0, 0.05) is 37.8 Å². The summed E-state index contributed by atoms with van der Waals surface area (Å²) in [6.45, 7) is 10.5. The number of aliphatic imine (C=N–C) groups is 6. The van der Waals surface area contributed by atoms with E-state index in [2.05, 4.69) is 49.9 Å². The highest BCUT2D eigenvalue weighted by molar-refractivity contribution is 7.15. The molecule has 7 aromatic heterocycles. The van der Waals surface area contributed by atoms with Crippen LogP contribution in [-0.4, -0.2) is 158 Å². The van der Waals surface area contributed by atoms with E-state index < -0.39 is 77.4 Å². The summed E-state index contributed by atoms with van der Waals surface area (Å²) in [6, 6.07) is -0.293. The summed E-state index contributed by atoms with van der Waals surface area (Å²) < 4.78 is 0. The molecule has 29 heteroatoms. The van der Waals surface area contributed by atoms with Crippen LogP contribution in [0.2, 0.25) is 0 Å². The lowest BCUT2D eigenvalue weighted by Gasteiger charge is -2.24. The first-order valence-corrected chi connectivity index (χ1v) is 28.4. The third-order valence-electron chi connectivity index (χ3n) is 10.9. The Balaban J connectivity index is 1.22. The van der Waals surface area contributed by atoms with Crippen LogP contribution in [-0.2, 0) is 0 Å². The number of thiazole rings is 6. The predicted molar refractivity (Wildman–Crippen MR) is 303 cm³/mol. The number of aliphatic hydroxyl groups is 10. The Kier molecular flexibility index (Phi) is 17.4. The van der Waals surface area contributed by atoms with Gasteiger partial charge in [-0.05, 0) is 60.6 Å². The number of allylic oxidation sites excluding steroid dienone is 2.